The lowest BCUT2D eigenvalue weighted by molar-refractivity contribution is 0.0996. The molecule has 3 aromatic rings. The highest BCUT2D eigenvalue weighted by Crippen LogP contribution is 2.31. The van der Waals surface area contributed by atoms with Crippen molar-refractivity contribution in [2.24, 2.45) is 5.73 Å². The summed E-state index contributed by atoms with van der Waals surface area (Å²) in [7, 11) is 0. The molecule has 0 aliphatic carbocycles. The van der Waals surface area contributed by atoms with E-state index in [1.807, 2.05) is 30.3 Å². The van der Waals surface area contributed by atoms with Gasteiger partial charge in [0.05, 0.1) is 5.56 Å². The lowest BCUT2D eigenvalue weighted by atomic mass is 10.0. The summed E-state index contributed by atoms with van der Waals surface area (Å²) in [4.78, 5) is 30.4. The molecular formula is C21H20FN5O3. The summed E-state index contributed by atoms with van der Waals surface area (Å²) in [5.74, 6) is -0.823. The van der Waals surface area contributed by atoms with Crippen molar-refractivity contribution in [3.63, 3.8) is 0 Å². The zero-order chi connectivity index (χ0) is 21.1. The van der Waals surface area contributed by atoms with E-state index in [-0.39, 0.29) is 17.3 Å². The number of piperidine rings is 1. The maximum absolute atomic E-state index is 13.7. The van der Waals surface area contributed by atoms with Crippen LogP contribution in [0.4, 0.5) is 14.9 Å². The topological polar surface area (TPSA) is 114 Å². The minimum atomic E-state index is -0.904. The number of rotatable bonds is 4. The number of amides is 3. The number of aromatic nitrogens is 2. The fraction of sp³-hybridized carbons (Fsp3) is 0.238. The van der Waals surface area contributed by atoms with Crippen LogP contribution in [-0.4, -0.2) is 33.5 Å². The van der Waals surface area contributed by atoms with E-state index < -0.39 is 17.8 Å². The number of hydrogen-bond acceptors (Lipinski definition) is 5. The molecule has 0 radical (unpaired) electrons. The lowest BCUT2D eigenvalue weighted by Gasteiger charge is -2.33. The molecule has 8 nitrogen and oxygen atoms in total. The fourth-order valence-electron chi connectivity index (χ4n) is 3.49. The monoisotopic (exact) mass is 409 g/mol. The van der Waals surface area contributed by atoms with E-state index in [1.54, 1.807) is 4.90 Å². The zero-order valence-electron chi connectivity index (χ0n) is 16.0. The van der Waals surface area contributed by atoms with Crippen molar-refractivity contribution in [2.45, 2.75) is 25.3 Å². The van der Waals surface area contributed by atoms with Crippen LogP contribution in [0, 0.1) is 5.82 Å². The van der Waals surface area contributed by atoms with Gasteiger partial charge < -0.3 is 20.5 Å². The van der Waals surface area contributed by atoms with Crippen LogP contribution >= 0.6 is 0 Å². The summed E-state index contributed by atoms with van der Waals surface area (Å²) in [6.45, 7) is 0.503. The molecule has 30 heavy (non-hydrogen) atoms. The van der Waals surface area contributed by atoms with Crippen molar-refractivity contribution in [1.82, 2.24) is 15.0 Å². The molecule has 2 heterocycles. The molecule has 0 spiro atoms. The normalized spacial score (nSPS) is 16.3. The van der Waals surface area contributed by atoms with Gasteiger partial charge in [-0.25, -0.2) is 9.18 Å². The third-order valence-electron chi connectivity index (χ3n) is 5.01. The van der Waals surface area contributed by atoms with E-state index >= 15 is 0 Å². The van der Waals surface area contributed by atoms with Crippen molar-refractivity contribution in [1.29, 1.82) is 0 Å². The van der Waals surface area contributed by atoms with Gasteiger partial charge in [-0.05, 0) is 37.5 Å². The van der Waals surface area contributed by atoms with Crippen LogP contribution < -0.4 is 11.1 Å². The zero-order valence-corrected chi connectivity index (χ0v) is 16.0. The highest BCUT2D eigenvalue weighted by Gasteiger charge is 2.32. The second-order valence-corrected chi connectivity index (χ2v) is 7.02. The van der Waals surface area contributed by atoms with Crippen LogP contribution in [0.2, 0.25) is 0 Å². The Bertz CT molecular complexity index is 1070. The van der Waals surface area contributed by atoms with Crippen molar-refractivity contribution >= 4 is 17.6 Å². The molecule has 1 aromatic heterocycles. The standard InChI is InChI=1S/C21H20FN5O3/c22-16-10-9-14(12-15(16)18(23)28)24-21(29)27-11-5-4-8-17(27)20-25-19(26-30-20)13-6-2-1-3-7-13/h1-3,6-7,9-10,12,17H,4-5,8,11H2,(H2,23,28)(H,24,29). The second-order valence-electron chi connectivity index (χ2n) is 7.02. The van der Waals surface area contributed by atoms with Crippen LogP contribution in [0.5, 0.6) is 0 Å². The molecule has 2 aromatic carbocycles. The van der Waals surface area contributed by atoms with Gasteiger partial charge >= 0.3 is 6.03 Å². The average molecular weight is 409 g/mol. The van der Waals surface area contributed by atoms with Gasteiger partial charge in [-0.15, -0.1) is 0 Å². The van der Waals surface area contributed by atoms with Crippen LogP contribution in [-0.2, 0) is 0 Å². The number of primary amides is 1. The highest BCUT2D eigenvalue weighted by atomic mass is 19.1. The molecule has 0 saturated carbocycles. The molecule has 1 aliphatic heterocycles. The summed E-state index contributed by atoms with van der Waals surface area (Å²) in [6.07, 6.45) is 2.43. The van der Waals surface area contributed by atoms with Gasteiger partial charge in [0, 0.05) is 17.8 Å². The Kier molecular flexibility index (Phi) is 5.42. The summed E-state index contributed by atoms with van der Waals surface area (Å²) in [6, 6.07) is 12.3. The second kappa shape index (κ2) is 8.32. The third kappa shape index (κ3) is 4.00. The quantitative estimate of drug-likeness (QED) is 0.681. The number of nitrogens with one attached hydrogen (secondary N) is 1. The number of likely N-dealkylation sites (tertiary alicyclic amines) is 1. The molecule has 1 unspecified atom stereocenters. The Morgan fingerprint density at radius 2 is 1.97 bits per heavy atom. The Morgan fingerprint density at radius 1 is 1.17 bits per heavy atom. The minimum absolute atomic E-state index is 0.273. The van der Waals surface area contributed by atoms with E-state index in [0.717, 1.165) is 24.5 Å². The van der Waals surface area contributed by atoms with Gasteiger partial charge in [0.15, 0.2) is 0 Å². The number of urea groups is 1. The third-order valence-corrected chi connectivity index (χ3v) is 5.01. The van der Waals surface area contributed by atoms with E-state index in [0.29, 0.717) is 24.7 Å². The largest absolute Gasteiger partial charge is 0.366 e. The van der Waals surface area contributed by atoms with E-state index in [4.69, 9.17) is 10.3 Å². The predicted molar refractivity (Wildman–Crippen MR) is 107 cm³/mol. The minimum Gasteiger partial charge on any atom is -0.366 e. The smallest absolute Gasteiger partial charge is 0.322 e. The molecule has 1 aliphatic rings. The van der Waals surface area contributed by atoms with Gasteiger partial charge in [-0.1, -0.05) is 35.5 Å². The summed E-state index contributed by atoms with van der Waals surface area (Å²) >= 11 is 0. The van der Waals surface area contributed by atoms with Crippen molar-refractivity contribution in [3.8, 4) is 11.4 Å². The molecule has 154 valence electrons. The van der Waals surface area contributed by atoms with Gasteiger partial charge in [0.2, 0.25) is 11.7 Å². The average Bonchev–Trinajstić information content (AvgIpc) is 3.26. The molecule has 0 bridgehead atoms. The Labute approximate surface area is 171 Å². The number of carbonyl (C=O) groups excluding carboxylic acids is 2. The number of anilines is 1. The molecule has 4 rings (SSSR count). The van der Waals surface area contributed by atoms with Crippen molar-refractivity contribution in [2.75, 3.05) is 11.9 Å². The number of halogens is 1. The van der Waals surface area contributed by atoms with Crippen molar-refractivity contribution < 1.29 is 18.5 Å². The number of carbonyl (C=O) groups is 2. The predicted octanol–water partition coefficient (Wildman–Crippen LogP) is 3.73. The first-order chi connectivity index (χ1) is 14.5. The molecule has 9 heteroatoms. The van der Waals surface area contributed by atoms with Crippen LogP contribution in [0.1, 0.15) is 41.6 Å². The molecule has 1 saturated heterocycles. The first kappa shape index (κ1) is 19.6. The SMILES string of the molecule is NC(=O)c1cc(NC(=O)N2CCCCC2c2nc(-c3ccccc3)no2)ccc1F. The molecule has 3 amide bonds. The highest BCUT2D eigenvalue weighted by molar-refractivity contribution is 5.96. The van der Waals surface area contributed by atoms with Gasteiger partial charge in [0.1, 0.15) is 11.9 Å². The van der Waals surface area contributed by atoms with E-state index in [2.05, 4.69) is 15.5 Å². The van der Waals surface area contributed by atoms with E-state index in [9.17, 15) is 14.0 Å². The summed E-state index contributed by atoms with van der Waals surface area (Å²) in [5.41, 5.74) is 5.99. The molecule has 1 atom stereocenters. The van der Waals surface area contributed by atoms with Crippen LogP contribution in [0.15, 0.2) is 53.1 Å². The number of hydrogen-bond donors (Lipinski definition) is 2. The maximum Gasteiger partial charge on any atom is 0.322 e. The first-order valence-corrected chi connectivity index (χ1v) is 9.59. The van der Waals surface area contributed by atoms with Gasteiger partial charge in [0.25, 0.3) is 5.91 Å². The molecule has 3 N–H and O–H groups in total. The van der Waals surface area contributed by atoms with Crippen LogP contribution in [0.3, 0.4) is 0 Å². The number of nitrogens with zero attached hydrogens (tertiary/aromatic N) is 3. The number of benzene rings is 2. The number of nitrogens with two attached hydrogens (primary N) is 1. The Balaban J connectivity index is 1.54. The summed E-state index contributed by atoms with van der Waals surface area (Å²) in [5, 5.41) is 6.74. The van der Waals surface area contributed by atoms with E-state index in [1.165, 1.54) is 12.1 Å². The first-order valence-electron chi connectivity index (χ1n) is 9.59. The van der Waals surface area contributed by atoms with Crippen LogP contribution in [0.25, 0.3) is 11.4 Å². The van der Waals surface area contributed by atoms with Gasteiger partial charge in [-0.2, -0.15) is 4.98 Å². The van der Waals surface area contributed by atoms with Gasteiger partial charge in [-0.3, -0.25) is 4.79 Å². The molecular weight excluding hydrogens is 389 g/mol. The molecule has 1 fully saturated rings. The maximum atomic E-state index is 13.7. The Morgan fingerprint density at radius 3 is 2.73 bits per heavy atom. The Hall–Kier alpha value is -3.75. The summed E-state index contributed by atoms with van der Waals surface area (Å²) < 4.78 is 19.1. The fourth-order valence-corrected chi connectivity index (χ4v) is 3.49. The lowest BCUT2D eigenvalue weighted by Crippen LogP contribution is -2.41. The van der Waals surface area contributed by atoms with Crippen molar-refractivity contribution in [3.05, 3.63) is 65.8 Å².